The average molecular weight is 759 g/mol. The average Bonchev–Trinajstić information content (AvgIpc) is 3.15. The molecule has 0 unspecified atom stereocenters. The van der Waals surface area contributed by atoms with E-state index in [1.807, 2.05) is 0 Å². The van der Waals surface area contributed by atoms with Crippen molar-refractivity contribution in [1.82, 2.24) is 0 Å². The van der Waals surface area contributed by atoms with Crippen LogP contribution in [0.25, 0.3) is 0 Å². The van der Waals surface area contributed by atoms with Crippen molar-refractivity contribution in [1.29, 1.82) is 0 Å². The summed E-state index contributed by atoms with van der Waals surface area (Å²) in [7, 11) is 0. The maximum absolute atomic E-state index is 11.2. The number of esters is 1. The van der Waals surface area contributed by atoms with Gasteiger partial charge in [-0.25, -0.2) is 0 Å². The van der Waals surface area contributed by atoms with Crippen LogP contribution in [0.3, 0.4) is 0 Å². The van der Waals surface area contributed by atoms with E-state index in [2.05, 4.69) is 6.92 Å². The van der Waals surface area contributed by atoms with Crippen LogP contribution in [-0.4, -0.2) is 184 Å². The van der Waals surface area contributed by atoms with Gasteiger partial charge in [0.1, 0.15) is 0 Å². The van der Waals surface area contributed by atoms with Gasteiger partial charge in [-0.1, -0.05) is 39.0 Å². The summed E-state index contributed by atoms with van der Waals surface area (Å²) in [5.41, 5.74) is 0. The van der Waals surface area contributed by atoms with Gasteiger partial charge in [-0.2, -0.15) is 0 Å². The van der Waals surface area contributed by atoms with Gasteiger partial charge in [0.15, 0.2) is 0 Å². The third-order valence-electron chi connectivity index (χ3n) is 6.86. The van der Waals surface area contributed by atoms with Crippen molar-refractivity contribution in [2.45, 2.75) is 58.8 Å². The molecular weight excluding hydrogens is 684 g/mol. The van der Waals surface area contributed by atoms with E-state index in [-0.39, 0.29) is 12.4 Å². The van der Waals surface area contributed by atoms with Gasteiger partial charge in [-0.3, -0.25) is 4.79 Å². The lowest BCUT2D eigenvalue weighted by atomic mass is 10.1. The summed E-state index contributed by atoms with van der Waals surface area (Å²) < 4.78 is 76.0. The number of carbonyl (C=O) groups excluding carboxylic acids is 1. The van der Waals surface area contributed by atoms with E-state index in [0.29, 0.717) is 172 Å². The zero-order valence-electron chi connectivity index (χ0n) is 32.7. The van der Waals surface area contributed by atoms with E-state index >= 15 is 0 Å². The van der Waals surface area contributed by atoms with E-state index in [0.717, 1.165) is 13.0 Å². The standard InChI is InChI=1S/C37H74O15/c1-3-5-6-7-8-9-11-39-13-15-41-17-19-43-21-23-45-25-27-47-29-31-49-33-35-51-36-34-50-32-30-48-28-26-46-24-22-44-20-18-42-16-14-40-12-10-37(38)52-4-2/h3-36H2,1-2H3. The van der Waals surface area contributed by atoms with Crippen LogP contribution in [0.5, 0.6) is 0 Å². The van der Waals surface area contributed by atoms with Gasteiger partial charge in [-0.15, -0.1) is 0 Å². The maximum atomic E-state index is 11.2. The molecule has 0 aromatic carbocycles. The molecule has 0 radical (unpaired) electrons. The van der Waals surface area contributed by atoms with Gasteiger partial charge >= 0.3 is 5.97 Å². The number of rotatable bonds is 47. The Balaban J connectivity index is 3.06. The number of hydrogen-bond donors (Lipinski definition) is 0. The second kappa shape index (κ2) is 48.0. The molecule has 0 bridgehead atoms. The molecule has 0 aliphatic heterocycles. The highest BCUT2D eigenvalue weighted by molar-refractivity contribution is 5.69. The Morgan fingerprint density at radius 2 is 0.519 bits per heavy atom. The Morgan fingerprint density at radius 1 is 0.288 bits per heavy atom. The molecule has 15 heteroatoms. The van der Waals surface area contributed by atoms with Gasteiger partial charge < -0.3 is 66.3 Å². The molecule has 0 aromatic rings. The molecule has 15 nitrogen and oxygen atoms in total. The zero-order valence-corrected chi connectivity index (χ0v) is 32.7. The molecule has 0 aliphatic carbocycles. The second-order valence-electron chi connectivity index (χ2n) is 11.3. The minimum atomic E-state index is -0.251. The largest absolute Gasteiger partial charge is 0.466 e. The SMILES string of the molecule is CCCCCCCCOCCOCCOCCOCCOCCOCCOCCOCCOCCOCCOCCOCCOCCC(=O)OCC. The van der Waals surface area contributed by atoms with Crippen LogP contribution in [0.4, 0.5) is 0 Å². The summed E-state index contributed by atoms with van der Waals surface area (Å²) in [4.78, 5) is 11.2. The first kappa shape index (κ1) is 51.0. The molecule has 0 spiro atoms. The maximum Gasteiger partial charge on any atom is 0.308 e. The van der Waals surface area contributed by atoms with Crippen molar-refractivity contribution >= 4 is 5.97 Å². The summed E-state index contributed by atoms with van der Waals surface area (Å²) in [6, 6.07) is 0. The summed E-state index contributed by atoms with van der Waals surface area (Å²) in [5.74, 6) is -0.251. The van der Waals surface area contributed by atoms with Crippen LogP contribution < -0.4 is 0 Å². The van der Waals surface area contributed by atoms with Gasteiger partial charge in [0.05, 0.1) is 178 Å². The molecule has 0 saturated carbocycles. The third kappa shape index (κ3) is 47.0. The molecule has 312 valence electrons. The lowest BCUT2D eigenvalue weighted by molar-refractivity contribution is -0.144. The lowest BCUT2D eigenvalue weighted by Crippen LogP contribution is -2.15. The molecule has 52 heavy (non-hydrogen) atoms. The molecule has 0 amide bonds. The van der Waals surface area contributed by atoms with Crippen molar-refractivity contribution in [3.8, 4) is 0 Å². The molecule has 0 fully saturated rings. The van der Waals surface area contributed by atoms with E-state index < -0.39 is 0 Å². The van der Waals surface area contributed by atoms with Gasteiger partial charge in [0.25, 0.3) is 0 Å². The predicted octanol–water partition coefficient (Wildman–Crippen LogP) is 3.52. The highest BCUT2D eigenvalue weighted by Crippen LogP contribution is 2.04. The first-order chi connectivity index (χ1) is 25.8. The van der Waals surface area contributed by atoms with Crippen LogP contribution in [0, 0.1) is 0 Å². The van der Waals surface area contributed by atoms with E-state index in [4.69, 9.17) is 66.3 Å². The molecule has 0 atom stereocenters. The normalized spacial score (nSPS) is 11.5. The van der Waals surface area contributed by atoms with Gasteiger partial charge in [-0.05, 0) is 13.3 Å². The third-order valence-corrected chi connectivity index (χ3v) is 6.86. The van der Waals surface area contributed by atoms with Crippen molar-refractivity contribution in [3.63, 3.8) is 0 Å². The minimum Gasteiger partial charge on any atom is -0.466 e. The van der Waals surface area contributed by atoms with Crippen molar-refractivity contribution < 1.29 is 71.1 Å². The van der Waals surface area contributed by atoms with Crippen molar-refractivity contribution in [3.05, 3.63) is 0 Å². The predicted molar refractivity (Wildman–Crippen MR) is 195 cm³/mol. The van der Waals surface area contributed by atoms with Crippen molar-refractivity contribution in [2.24, 2.45) is 0 Å². The Hall–Kier alpha value is -1.05. The van der Waals surface area contributed by atoms with Crippen LogP contribution in [0.2, 0.25) is 0 Å². The number of hydrogen-bond acceptors (Lipinski definition) is 15. The molecule has 0 heterocycles. The minimum absolute atomic E-state index is 0.251. The van der Waals surface area contributed by atoms with E-state index in [9.17, 15) is 4.79 Å². The first-order valence-electron chi connectivity index (χ1n) is 19.5. The number of carbonyl (C=O) groups is 1. The quantitative estimate of drug-likeness (QED) is 0.0659. The molecular formula is C37H74O15. The second-order valence-corrected chi connectivity index (χ2v) is 11.3. The molecule has 0 rings (SSSR count). The fourth-order valence-electron chi connectivity index (χ4n) is 4.11. The smallest absolute Gasteiger partial charge is 0.308 e. The molecule has 0 aliphatic rings. The van der Waals surface area contributed by atoms with Gasteiger partial charge in [0.2, 0.25) is 0 Å². The fraction of sp³-hybridized carbons (Fsp3) is 0.973. The van der Waals surface area contributed by atoms with Gasteiger partial charge in [0, 0.05) is 6.61 Å². The summed E-state index contributed by atoms with van der Waals surface area (Å²) in [5, 5.41) is 0. The Morgan fingerprint density at radius 3 is 0.788 bits per heavy atom. The van der Waals surface area contributed by atoms with Crippen LogP contribution in [-0.2, 0) is 71.1 Å². The molecule has 0 N–H and O–H groups in total. The number of unbranched alkanes of at least 4 members (excludes halogenated alkanes) is 5. The highest BCUT2D eigenvalue weighted by atomic mass is 16.6. The lowest BCUT2D eigenvalue weighted by Gasteiger charge is -2.09. The summed E-state index contributed by atoms with van der Waals surface area (Å²) in [6.07, 6.45) is 7.92. The fourth-order valence-corrected chi connectivity index (χ4v) is 4.11. The topological polar surface area (TPSA) is 146 Å². The Kier molecular flexibility index (Phi) is 47.0. The monoisotopic (exact) mass is 759 g/mol. The van der Waals surface area contributed by atoms with Crippen LogP contribution in [0.1, 0.15) is 58.8 Å². The molecule has 0 saturated heterocycles. The van der Waals surface area contributed by atoms with Crippen molar-refractivity contribution in [2.75, 3.05) is 178 Å². The van der Waals surface area contributed by atoms with Crippen LogP contribution in [0.15, 0.2) is 0 Å². The Bertz CT molecular complexity index is 663. The van der Waals surface area contributed by atoms with Crippen LogP contribution >= 0.6 is 0 Å². The van der Waals surface area contributed by atoms with E-state index in [1.54, 1.807) is 6.92 Å². The first-order valence-corrected chi connectivity index (χ1v) is 19.5. The summed E-state index contributed by atoms with van der Waals surface area (Å²) in [6.45, 7) is 17.9. The molecule has 0 aromatic heterocycles. The highest BCUT2D eigenvalue weighted by Gasteiger charge is 2.01. The zero-order chi connectivity index (χ0) is 37.5. The number of ether oxygens (including phenoxy) is 14. The summed E-state index contributed by atoms with van der Waals surface area (Å²) >= 11 is 0. The Labute approximate surface area is 314 Å². The van der Waals surface area contributed by atoms with E-state index in [1.165, 1.54) is 32.1 Å².